The summed E-state index contributed by atoms with van der Waals surface area (Å²) in [5.74, 6) is -0.394. The smallest absolute Gasteiger partial charge is 0.242 e. The second-order valence-electron chi connectivity index (χ2n) is 6.25. The Morgan fingerprint density at radius 3 is 2.25 bits per heavy atom. The third-order valence-electron chi connectivity index (χ3n) is 4.25. The molecule has 0 saturated carbocycles. The van der Waals surface area contributed by atoms with Gasteiger partial charge in [-0.2, -0.15) is 0 Å². The van der Waals surface area contributed by atoms with E-state index < -0.39 is 0 Å². The minimum absolute atomic E-state index is 0.00126. The molecule has 6 nitrogen and oxygen atoms in total. The molecule has 0 aliphatic carbocycles. The lowest BCUT2D eigenvalue weighted by molar-refractivity contribution is -0.134. The summed E-state index contributed by atoms with van der Waals surface area (Å²) in [6.07, 6.45) is 0.250. The number of nitrogens with one attached hydrogen (secondary N) is 1. The van der Waals surface area contributed by atoms with Gasteiger partial charge >= 0.3 is 0 Å². The Hall–Kier alpha value is -2.21. The van der Waals surface area contributed by atoms with E-state index in [9.17, 15) is 14.4 Å². The van der Waals surface area contributed by atoms with Gasteiger partial charge in [0.2, 0.25) is 11.8 Å². The molecular formula is C18H25N3O3. The summed E-state index contributed by atoms with van der Waals surface area (Å²) in [5.41, 5.74) is 1.70. The van der Waals surface area contributed by atoms with E-state index in [1.807, 2.05) is 26.1 Å². The highest BCUT2D eigenvalue weighted by molar-refractivity contribution is 5.98. The monoisotopic (exact) mass is 331 g/mol. The maximum absolute atomic E-state index is 12.0. The van der Waals surface area contributed by atoms with E-state index in [2.05, 4.69) is 10.2 Å². The van der Waals surface area contributed by atoms with Gasteiger partial charge in [0, 0.05) is 44.6 Å². The van der Waals surface area contributed by atoms with Crippen molar-refractivity contribution >= 4 is 17.6 Å². The van der Waals surface area contributed by atoms with Gasteiger partial charge in [0.15, 0.2) is 5.78 Å². The number of likely N-dealkylation sites (N-methyl/N-ethyl adjacent to an activating group) is 1. The van der Waals surface area contributed by atoms with Crippen LogP contribution in [0.5, 0.6) is 0 Å². The Bertz CT molecular complexity index is 590. The van der Waals surface area contributed by atoms with Crippen LogP contribution in [0, 0.1) is 6.92 Å². The van der Waals surface area contributed by atoms with Crippen molar-refractivity contribution in [1.29, 1.82) is 0 Å². The van der Waals surface area contributed by atoms with Gasteiger partial charge in [-0.05, 0) is 14.0 Å². The van der Waals surface area contributed by atoms with Crippen molar-refractivity contribution in [3.05, 3.63) is 35.4 Å². The van der Waals surface area contributed by atoms with Gasteiger partial charge in [-0.1, -0.05) is 29.8 Å². The Morgan fingerprint density at radius 2 is 1.62 bits per heavy atom. The fraction of sp³-hybridized carbons (Fsp3) is 0.500. The Morgan fingerprint density at radius 1 is 1.00 bits per heavy atom. The molecule has 1 fully saturated rings. The molecule has 0 radical (unpaired) electrons. The molecule has 0 bridgehead atoms. The molecule has 6 heteroatoms. The highest BCUT2D eigenvalue weighted by Crippen LogP contribution is 2.07. The number of aryl methyl sites for hydroxylation is 1. The zero-order valence-corrected chi connectivity index (χ0v) is 14.4. The molecule has 24 heavy (non-hydrogen) atoms. The van der Waals surface area contributed by atoms with Crippen LogP contribution in [0.2, 0.25) is 0 Å². The quantitative estimate of drug-likeness (QED) is 0.785. The van der Waals surface area contributed by atoms with E-state index in [1.165, 1.54) is 0 Å². The molecule has 1 N–H and O–H groups in total. The van der Waals surface area contributed by atoms with Crippen molar-refractivity contribution in [1.82, 2.24) is 15.1 Å². The van der Waals surface area contributed by atoms with Crippen molar-refractivity contribution in [3.8, 4) is 0 Å². The van der Waals surface area contributed by atoms with Crippen LogP contribution in [0.15, 0.2) is 24.3 Å². The fourth-order valence-electron chi connectivity index (χ4n) is 2.54. The summed E-state index contributed by atoms with van der Waals surface area (Å²) in [6.45, 7) is 5.05. The summed E-state index contributed by atoms with van der Waals surface area (Å²) < 4.78 is 0. The van der Waals surface area contributed by atoms with Gasteiger partial charge in [0.1, 0.15) is 0 Å². The van der Waals surface area contributed by atoms with Crippen molar-refractivity contribution in [3.63, 3.8) is 0 Å². The number of rotatable bonds is 6. The number of piperazine rings is 1. The topological polar surface area (TPSA) is 69.7 Å². The number of amides is 2. The first-order chi connectivity index (χ1) is 11.5. The minimum atomic E-state index is -0.266. The first-order valence-corrected chi connectivity index (χ1v) is 8.28. The lowest BCUT2D eigenvalue weighted by atomic mass is 10.1. The molecule has 1 aromatic carbocycles. The number of hydrogen-bond donors (Lipinski definition) is 1. The highest BCUT2D eigenvalue weighted by atomic mass is 16.2. The van der Waals surface area contributed by atoms with E-state index in [4.69, 9.17) is 0 Å². The molecule has 1 aliphatic rings. The first kappa shape index (κ1) is 18.1. The molecule has 2 amide bonds. The summed E-state index contributed by atoms with van der Waals surface area (Å²) in [4.78, 5) is 39.8. The van der Waals surface area contributed by atoms with E-state index in [1.54, 1.807) is 17.0 Å². The van der Waals surface area contributed by atoms with Crippen LogP contribution in [-0.2, 0) is 9.59 Å². The number of nitrogens with zero attached hydrogens (tertiary/aromatic N) is 2. The van der Waals surface area contributed by atoms with E-state index in [0.717, 1.165) is 18.7 Å². The van der Waals surface area contributed by atoms with Crippen molar-refractivity contribution in [2.24, 2.45) is 0 Å². The summed E-state index contributed by atoms with van der Waals surface area (Å²) >= 11 is 0. The normalized spacial score (nSPS) is 15.2. The van der Waals surface area contributed by atoms with Crippen molar-refractivity contribution < 1.29 is 14.4 Å². The SMILES string of the molecule is Cc1ccc(C(=O)CCC(=O)NCC(=O)N2CCN(C)CC2)cc1. The van der Waals surface area contributed by atoms with Crippen molar-refractivity contribution in [2.45, 2.75) is 19.8 Å². The number of carbonyl (C=O) groups excluding carboxylic acids is 3. The molecule has 1 saturated heterocycles. The third kappa shape index (κ3) is 5.45. The predicted octanol–water partition coefficient (Wildman–Crippen LogP) is 0.848. The highest BCUT2D eigenvalue weighted by Gasteiger charge is 2.19. The molecule has 0 atom stereocenters. The lowest BCUT2D eigenvalue weighted by Gasteiger charge is -2.32. The molecule has 2 rings (SSSR count). The fourth-order valence-corrected chi connectivity index (χ4v) is 2.54. The minimum Gasteiger partial charge on any atom is -0.347 e. The maximum Gasteiger partial charge on any atom is 0.242 e. The van der Waals surface area contributed by atoms with Gasteiger partial charge in [0.25, 0.3) is 0 Å². The van der Waals surface area contributed by atoms with Crippen molar-refractivity contribution in [2.75, 3.05) is 39.8 Å². The van der Waals surface area contributed by atoms with E-state index in [0.29, 0.717) is 18.7 Å². The Kier molecular flexibility index (Phi) is 6.49. The van der Waals surface area contributed by atoms with E-state index >= 15 is 0 Å². The van der Waals surface area contributed by atoms with E-state index in [-0.39, 0.29) is 37.0 Å². The molecule has 1 aromatic rings. The standard InChI is InChI=1S/C18H25N3O3/c1-14-3-5-15(6-4-14)16(22)7-8-17(23)19-13-18(24)21-11-9-20(2)10-12-21/h3-6H,7-13H2,1-2H3,(H,19,23). The zero-order valence-electron chi connectivity index (χ0n) is 14.4. The molecule has 130 valence electrons. The largest absolute Gasteiger partial charge is 0.347 e. The lowest BCUT2D eigenvalue weighted by Crippen LogP contribution is -2.50. The van der Waals surface area contributed by atoms with Gasteiger partial charge in [0.05, 0.1) is 6.54 Å². The van der Waals surface area contributed by atoms with Crippen LogP contribution in [0.4, 0.5) is 0 Å². The molecule has 0 unspecified atom stereocenters. The predicted molar refractivity (Wildman–Crippen MR) is 91.8 cm³/mol. The van der Waals surface area contributed by atoms with Gasteiger partial charge in [-0.15, -0.1) is 0 Å². The number of ketones is 1. The third-order valence-corrected chi connectivity index (χ3v) is 4.25. The van der Waals surface area contributed by atoms with Crippen LogP contribution >= 0.6 is 0 Å². The van der Waals surface area contributed by atoms with Gasteiger partial charge in [-0.25, -0.2) is 0 Å². The summed E-state index contributed by atoms with van der Waals surface area (Å²) in [6, 6.07) is 7.29. The van der Waals surface area contributed by atoms with Crippen LogP contribution in [0.1, 0.15) is 28.8 Å². The van der Waals surface area contributed by atoms with Crippen LogP contribution in [-0.4, -0.2) is 67.2 Å². The van der Waals surface area contributed by atoms with Crippen LogP contribution < -0.4 is 5.32 Å². The number of carbonyl (C=O) groups is 3. The molecule has 1 aliphatic heterocycles. The summed E-state index contributed by atoms with van der Waals surface area (Å²) in [7, 11) is 2.02. The molecule has 0 spiro atoms. The van der Waals surface area contributed by atoms with Crippen LogP contribution in [0.3, 0.4) is 0 Å². The zero-order chi connectivity index (χ0) is 17.5. The molecule has 1 heterocycles. The molecular weight excluding hydrogens is 306 g/mol. The number of Topliss-reactive ketones (excluding diaryl/α,β-unsaturated/α-hetero) is 1. The van der Waals surface area contributed by atoms with Gasteiger partial charge < -0.3 is 15.1 Å². The average Bonchev–Trinajstić information content (AvgIpc) is 2.58. The second kappa shape index (κ2) is 8.59. The Labute approximate surface area is 142 Å². The maximum atomic E-state index is 12.0. The van der Waals surface area contributed by atoms with Gasteiger partial charge in [-0.3, -0.25) is 14.4 Å². The molecule has 0 aromatic heterocycles. The number of hydrogen-bond acceptors (Lipinski definition) is 4. The second-order valence-corrected chi connectivity index (χ2v) is 6.25. The average molecular weight is 331 g/mol. The van der Waals surface area contributed by atoms with Crippen LogP contribution in [0.25, 0.3) is 0 Å². The summed E-state index contributed by atoms with van der Waals surface area (Å²) in [5, 5.41) is 2.61. The first-order valence-electron chi connectivity index (χ1n) is 8.28. The Balaban J connectivity index is 1.68. The number of benzene rings is 1.